The zero-order valence-electron chi connectivity index (χ0n) is 9.94. The van der Waals surface area contributed by atoms with Crippen LogP contribution in [0.3, 0.4) is 0 Å². The molecular weight excluding hydrogens is 276 g/mol. The Hall–Kier alpha value is -1.12. The van der Waals surface area contributed by atoms with E-state index in [1.54, 1.807) is 0 Å². The summed E-state index contributed by atoms with van der Waals surface area (Å²) in [6.07, 6.45) is -0.563. The van der Waals surface area contributed by atoms with Crippen molar-refractivity contribution < 1.29 is 5.11 Å². The molecule has 2 aromatic carbocycles. The van der Waals surface area contributed by atoms with E-state index in [-0.39, 0.29) is 0 Å². The second-order valence-corrected chi connectivity index (χ2v) is 5.23. The smallest absolute Gasteiger partial charge is 0.104 e. The lowest BCUT2D eigenvalue weighted by Crippen LogP contribution is -2.02. The molecule has 0 fully saturated rings. The van der Waals surface area contributed by atoms with Gasteiger partial charge in [0.25, 0.3) is 0 Å². The van der Waals surface area contributed by atoms with Crippen LogP contribution in [0.2, 0.25) is 0 Å². The lowest BCUT2D eigenvalue weighted by Gasteiger charge is -2.15. The Morgan fingerprint density at radius 3 is 2.53 bits per heavy atom. The second-order valence-electron chi connectivity index (χ2n) is 4.32. The number of halogens is 1. The van der Waals surface area contributed by atoms with Crippen molar-refractivity contribution in [1.82, 2.24) is 0 Å². The summed E-state index contributed by atoms with van der Waals surface area (Å²) >= 11 is 3.42. The summed E-state index contributed by atoms with van der Waals surface area (Å²) in [5, 5.41) is 10.4. The van der Waals surface area contributed by atoms with E-state index in [9.17, 15) is 5.11 Å². The average Bonchev–Trinajstić information content (AvgIpc) is 2.31. The standard InChI is InChI=1S/C15H15BrO/c1-10-6-7-11(2)14(8-10)15(17)12-4-3-5-13(16)9-12/h3-9,15,17H,1-2H3. The monoisotopic (exact) mass is 290 g/mol. The highest BCUT2D eigenvalue weighted by molar-refractivity contribution is 9.10. The fourth-order valence-corrected chi connectivity index (χ4v) is 2.33. The molecule has 1 nitrogen and oxygen atoms in total. The van der Waals surface area contributed by atoms with E-state index in [0.717, 1.165) is 21.2 Å². The lowest BCUT2D eigenvalue weighted by atomic mass is 9.96. The number of benzene rings is 2. The van der Waals surface area contributed by atoms with Crippen LogP contribution in [-0.4, -0.2) is 5.11 Å². The molecule has 2 heteroatoms. The fraction of sp³-hybridized carbons (Fsp3) is 0.200. The summed E-state index contributed by atoms with van der Waals surface area (Å²) in [7, 11) is 0. The van der Waals surface area contributed by atoms with E-state index in [1.165, 1.54) is 5.56 Å². The number of aryl methyl sites for hydroxylation is 2. The maximum atomic E-state index is 10.4. The second kappa shape index (κ2) is 5.03. The van der Waals surface area contributed by atoms with Gasteiger partial charge in [-0.2, -0.15) is 0 Å². The Labute approximate surface area is 110 Å². The Morgan fingerprint density at radius 2 is 1.82 bits per heavy atom. The average molecular weight is 291 g/mol. The summed E-state index contributed by atoms with van der Waals surface area (Å²) in [6, 6.07) is 13.9. The van der Waals surface area contributed by atoms with Crippen LogP contribution in [-0.2, 0) is 0 Å². The summed E-state index contributed by atoms with van der Waals surface area (Å²) in [5.74, 6) is 0. The van der Waals surface area contributed by atoms with E-state index in [0.29, 0.717) is 0 Å². The van der Waals surface area contributed by atoms with Gasteiger partial charge in [-0.3, -0.25) is 0 Å². The topological polar surface area (TPSA) is 20.2 Å². The zero-order valence-corrected chi connectivity index (χ0v) is 11.5. The molecule has 0 amide bonds. The Morgan fingerprint density at radius 1 is 1.06 bits per heavy atom. The van der Waals surface area contributed by atoms with Crippen LogP contribution in [0.5, 0.6) is 0 Å². The lowest BCUT2D eigenvalue weighted by molar-refractivity contribution is 0.219. The highest BCUT2D eigenvalue weighted by atomic mass is 79.9. The van der Waals surface area contributed by atoms with Gasteiger partial charge in [-0.05, 0) is 42.7 Å². The minimum Gasteiger partial charge on any atom is -0.384 e. The van der Waals surface area contributed by atoms with Crippen LogP contribution in [0.4, 0.5) is 0 Å². The molecule has 0 radical (unpaired) electrons. The van der Waals surface area contributed by atoms with Gasteiger partial charge in [-0.1, -0.05) is 51.8 Å². The third-order valence-electron chi connectivity index (χ3n) is 2.89. The zero-order chi connectivity index (χ0) is 12.4. The molecule has 0 aliphatic heterocycles. The van der Waals surface area contributed by atoms with E-state index in [2.05, 4.69) is 22.0 Å². The van der Waals surface area contributed by atoms with Crippen molar-refractivity contribution in [2.45, 2.75) is 20.0 Å². The van der Waals surface area contributed by atoms with E-state index in [4.69, 9.17) is 0 Å². The molecule has 17 heavy (non-hydrogen) atoms. The molecule has 1 atom stereocenters. The number of rotatable bonds is 2. The molecule has 88 valence electrons. The van der Waals surface area contributed by atoms with Gasteiger partial charge in [0.15, 0.2) is 0 Å². The summed E-state index contributed by atoms with van der Waals surface area (Å²) in [6.45, 7) is 4.06. The molecule has 0 aliphatic carbocycles. The fourth-order valence-electron chi connectivity index (χ4n) is 1.91. The molecule has 2 rings (SSSR count). The molecule has 0 aromatic heterocycles. The molecule has 1 N–H and O–H groups in total. The van der Waals surface area contributed by atoms with E-state index >= 15 is 0 Å². The van der Waals surface area contributed by atoms with Gasteiger partial charge in [0.1, 0.15) is 6.10 Å². The van der Waals surface area contributed by atoms with Crippen molar-refractivity contribution in [3.05, 3.63) is 69.2 Å². The highest BCUT2D eigenvalue weighted by Gasteiger charge is 2.13. The molecule has 1 unspecified atom stereocenters. The molecule has 0 bridgehead atoms. The van der Waals surface area contributed by atoms with Gasteiger partial charge in [-0.15, -0.1) is 0 Å². The minimum atomic E-state index is -0.563. The van der Waals surface area contributed by atoms with Gasteiger partial charge in [0.05, 0.1) is 0 Å². The predicted molar refractivity (Wildman–Crippen MR) is 74.1 cm³/mol. The molecule has 0 spiro atoms. The first-order valence-corrected chi connectivity index (χ1v) is 6.38. The van der Waals surface area contributed by atoms with Gasteiger partial charge in [0, 0.05) is 4.47 Å². The molecule has 0 heterocycles. The maximum Gasteiger partial charge on any atom is 0.104 e. The van der Waals surface area contributed by atoms with Gasteiger partial charge in [-0.25, -0.2) is 0 Å². The quantitative estimate of drug-likeness (QED) is 0.881. The van der Waals surface area contributed by atoms with Crippen LogP contribution in [0.1, 0.15) is 28.4 Å². The van der Waals surface area contributed by atoms with Crippen LogP contribution in [0.25, 0.3) is 0 Å². The molecular formula is C15H15BrO. The predicted octanol–water partition coefficient (Wildman–Crippen LogP) is 4.15. The summed E-state index contributed by atoms with van der Waals surface area (Å²) in [5.41, 5.74) is 4.17. The minimum absolute atomic E-state index is 0.563. The van der Waals surface area contributed by atoms with Crippen molar-refractivity contribution in [1.29, 1.82) is 0 Å². The van der Waals surface area contributed by atoms with Crippen molar-refractivity contribution >= 4 is 15.9 Å². The normalized spacial score (nSPS) is 12.5. The third kappa shape index (κ3) is 2.76. The van der Waals surface area contributed by atoms with Crippen molar-refractivity contribution in [2.24, 2.45) is 0 Å². The number of aliphatic hydroxyl groups is 1. The first-order valence-electron chi connectivity index (χ1n) is 5.58. The largest absolute Gasteiger partial charge is 0.384 e. The Bertz CT molecular complexity index is 534. The van der Waals surface area contributed by atoms with Gasteiger partial charge in [0.2, 0.25) is 0 Å². The molecule has 0 aliphatic rings. The van der Waals surface area contributed by atoms with Gasteiger partial charge >= 0.3 is 0 Å². The van der Waals surface area contributed by atoms with Gasteiger partial charge < -0.3 is 5.11 Å². The SMILES string of the molecule is Cc1ccc(C)c(C(O)c2cccc(Br)c2)c1. The molecule has 0 saturated carbocycles. The first-order chi connectivity index (χ1) is 8.08. The number of hydrogen-bond acceptors (Lipinski definition) is 1. The van der Waals surface area contributed by atoms with Crippen molar-refractivity contribution in [3.8, 4) is 0 Å². The molecule has 2 aromatic rings. The van der Waals surface area contributed by atoms with Crippen LogP contribution in [0.15, 0.2) is 46.9 Å². The summed E-state index contributed by atoms with van der Waals surface area (Å²) < 4.78 is 0.986. The maximum absolute atomic E-state index is 10.4. The highest BCUT2D eigenvalue weighted by Crippen LogP contribution is 2.27. The third-order valence-corrected chi connectivity index (χ3v) is 3.39. The van der Waals surface area contributed by atoms with Crippen LogP contribution >= 0.6 is 15.9 Å². The van der Waals surface area contributed by atoms with E-state index in [1.807, 2.05) is 50.2 Å². The Kier molecular flexibility index (Phi) is 3.65. The molecule has 0 saturated heterocycles. The first kappa shape index (κ1) is 12.3. The number of aliphatic hydroxyl groups excluding tert-OH is 1. The van der Waals surface area contributed by atoms with Crippen molar-refractivity contribution in [3.63, 3.8) is 0 Å². The summed E-state index contributed by atoms with van der Waals surface area (Å²) in [4.78, 5) is 0. The van der Waals surface area contributed by atoms with Crippen molar-refractivity contribution in [2.75, 3.05) is 0 Å². The number of hydrogen-bond donors (Lipinski definition) is 1. The van der Waals surface area contributed by atoms with Crippen LogP contribution < -0.4 is 0 Å². The van der Waals surface area contributed by atoms with Crippen LogP contribution in [0, 0.1) is 13.8 Å². The van der Waals surface area contributed by atoms with E-state index < -0.39 is 6.10 Å². The Balaban J connectivity index is 2.43.